The van der Waals surface area contributed by atoms with Gasteiger partial charge in [-0.3, -0.25) is 9.59 Å². The number of carboxylic acid groups (broad SMARTS) is 1. The third-order valence-corrected chi connectivity index (χ3v) is 3.74. The fourth-order valence-corrected chi connectivity index (χ4v) is 2.35. The molecule has 0 spiro atoms. The zero-order chi connectivity index (χ0) is 13.9. The van der Waals surface area contributed by atoms with Crippen LogP contribution in [0.4, 0.5) is 0 Å². The number of hydrogen-bond acceptors (Lipinski definition) is 4. The number of carboxylic acids is 1. The van der Waals surface area contributed by atoms with E-state index in [-0.39, 0.29) is 12.5 Å². The number of aliphatic carboxylic acids is 1. The maximum atomic E-state index is 11.8. The molecule has 0 saturated carbocycles. The Labute approximate surface area is 118 Å². The Kier molecular flexibility index (Phi) is 4.26. The van der Waals surface area contributed by atoms with Gasteiger partial charge in [-0.1, -0.05) is 0 Å². The Morgan fingerprint density at radius 3 is 2.63 bits per heavy atom. The first kappa shape index (κ1) is 14.1. The maximum Gasteiger partial charge on any atom is 0.311 e. The summed E-state index contributed by atoms with van der Waals surface area (Å²) in [6.45, 7) is 0.895. The number of amides is 1. The van der Waals surface area contributed by atoms with Crippen LogP contribution in [-0.4, -0.2) is 36.7 Å². The molecule has 2 heterocycles. The zero-order valence-electron chi connectivity index (χ0n) is 10.1. The van der Waals surface area contributed by atoms with E-state index in [4.69, 9.17) is 9.15 Å². The van der Waals surface area contributed by atoms with Crippen LogP contribution in [0.3, 0.4) is 0 Å². The molecule has 0 aliphatic carbocycles. The topological polar surface area (TPSA) is 88.8 Å². The highest BCUT2D eigenvalue weighted by molar-refractivity contribution is 9.10. The average molecular weight is 332 g/mol. The molecule has 2 N–H and O–H groups in total. The smallest absolute Gasteiger partial charge is 0.311 e. The summed E-state index contributed by atoms with van der Waals surface area (Å²) in [5.41, 5.74) is -0.575. The SMILES string of the molecule is O=C(NCC1(C(=O)O)CCOCC1)c1coc(Br)c1. The molecule has 1 fully saturated rings. The van der Waals surface area contributed by atoms with Gasteiger partial charge in [0, 0.05) is 25.8 Å². The average Bonchev–Trinajstić information content (AvgIpc) is 2.83. The summed E-state index contributed by atoms with van der Waals surface area (Å²) in [7, 11) is 0. The van der Waals surface area contributed by atoms with Gasteiger partial charge in [0.25, 0.3) is 5.91 Å². The molecule has 1 aliphatic heterocycles. The van der Waals surface area contributed by atoms with Crippen LogP contribution in [0.1, 0.15) is 23.2 Å². The van der Waals surface area contributed by atoms with Crippen molar-refractivity contribution in [1.29, 1.82) is 0 Å². The van der Waals surface area contributed by atoms with Crippen LogP contribution in [0.5, 0.6) is 0 Å². The first-order valence-corrected chi connectivity index (χ1v) is 6.66. The van der Waals surface area contributed by atoms with Crippen molar-refractivity contribution in [3.63, 3.8) is 0 Å². The summed E-state index contributed by atoms with van der Waals surface area (Å²) in [5.74, 6) is -1.24. The van der Waals surface area contributed by atoms with Crippen LogP contribution < -0.4 is 5.32 Å². The Morgan fingerprint density at radius 1 is 1.42 bits per heavy atom. The second kappa shape index (κ2) is 5.75. The lowest BCUT2D eigenvalue weighted by atomic mass is 9.80. The van der Waals surface area contributed by atoms with Crippen LogP contribution in [0.25, 0.3) is 0 Å². The molecule has 1 saturated heterocycles. The molecule has 0 radical (unpaired) electrons. The van der Waals surface area contributed by atoms with E-state index in [0.29, 0.717) is 36.3 Å². The van der Waals surface area contributed by atoms with Gasteiger partial charge in [0.05, 0.1) is 11.0 Å². The van der Waals surface area contributed by atoms with Gasteiger partial charge in [0.1, 0.15) is 6.26 Å². The van der Waals surface area contributed by atoms with Crippen LogP contribution >= 0.6 is 15.9 Å². The third kappa shape index (κ3) is 3.16. The fourth-order valence-electron chi connectivity index (χ4n) is 2.01. The minimum Gasteiger partial charge on any atom is -0.481 e. The number of halogens is 1. The Morgan fingerprint density at radius 2 is 2.11 bits per heavy atom. The maximum absolute atomic E-state index is 11.8. The molecule has 2 rings (SSSR count). The molecule has 0 unspecified atom stereocenters. The minimum absolute atomic E-state index is 0.0906. The molecule has 1 aromatic heterocycles. The van der Waals surface area contributed by atoms with E-state index in [2.05, 4.69) is 21.2 Å². The summed E-state index contributed by atoms with van der Waals surface area (Å²) >= 11 is 3.10. The van der Waals surface area contributed by atoms with Gasteiger partial charge in [-0.2, -0.15) is 0 Å². The number of hydrogen-bond donors (Lipinski definition) is 2. The molecular weight excluding hydrogens is 318 g/mol. The first-order chi connectivity index (χ1) is 9.03. The van der Waals surface area contributed by atoms with Gasteiger partial charge < -0.3 is 19.6 Å². The van der Waals surface area contributed by atoms with Crippen LogP contribution in [0, 0.1) is 5.41 Å². The van der Waals surface area contributed by atoms with Gasteiger partial charge >= 0.3 is 5.97 Å². The highest BCUT2D eigenvalue weighted by Crippen LogP contribution is 2.30. The van der Waals surface area contributed by atoms with E-state index >= 15 is 0 Å². The van der Waals surface area contributed by atoms with Crippen molar-refractivity contribution in [3.8, 4) is 0 Å². The lowest BCUT2D eigenvalue weighted by Gasteiger charge is -2.33. The van der Waals surface area contributed by atoms with Crippen LogP contribution in [0.2, 0.25) is 0 Å². The van der Waals surface area contributed by atoms with Crippen molar-refractivity contribution >= 4 is 27.8 Å². The van der Waals surface area contributed by atoms with Crippen molar-refractivity contribution in [2.45, 2.75) is 12.8 Å². The molecule has 1 amide bonds. The number of rotatable bonds is 4. The quantitative estimate of drug-likeness (QED) is 0.875. The number of furan rings is 1. The second-order valence-electron chi connectivity index (χ2n) is 4.52. The Hall–Kier alpha value is -1.34. The molecule has 6 nitrogen and oxygen atoms in total. The first-order valence-electron chi connectivity index (χ1n) is 5.87. The standard InChI is InChI=1S/C12H14BrNO5/c13-9-5-8(6-19-9)10(15)14-7-12(11(16)17)1-3-18-4-2-12/h5-6H,1-4,7H2,(H,14,15)(H,16,17). The van der Waals surface area contributed by atoms with Crippen LogP contribution in [-0.2, 0) is 9.53 Å². The van der Waals surface area contributed by atoms with Crippen LogP contribution in [0.15, 0.2) is 21.4 Å². The van der Waals surface area contributed by atoms with E-state index in [1.54, 1.807) is 0 Å². The third-order valence-electron chi connectivity index (χ3n) is 3.32. The molecule has 104 valence electrons. The predicted octanol–water partition coefficient (Wildman–Crippen LogP) is 1.65. The summed E-state index contributed by atoms with van der Waals surface area (Å²) in [6, 6.07) is 1.53. The number of nitrogens with one attached hydrogen (secondary N) is 1. The molecular formula is C12H14BrNO5. The van der Waals surface area contributed by atoms with Crippen molar-refractivity contribution in [2.75, 3.05) is 19.8 Å². The number of ether oxygens (including phenoxy) is 1. The van der Waals surface area contributed by atoms with Gasteiger partial charge in [-0.05, 0) is 28.8 Å². The molecule has 19 heavy (non-hydrogen) atoms. The summed E-state index contributed by atoms with van der Waals surface area (Å²) in [6.07, 6.45) is 2.12. The van der Waals surface area contributed by atoms with Crippen molar-refractivity contribution in [2.24, 2.45) is 5.41 Å². The number of carbonyl (C=O) groups excluding carboxylic acids is 1. The minimum atomic E-state index is -0.936. The molecule has 0 aromatic carbocycles. The summed E-state index contributed by atoms with van der Waals surface area (Å²) < 4.78 is 10.6. The summed E-state index contributed by atoms with van der Waals surface area (Å²) in [5, 5.41) is 12.0. The lowest BCUT2D eigenvalue weighted by molar-refractivity contribution is -0.154. The molecule has 1 aliphatic rings. The highest BCUT2D eigenvalue weighted by Gasteiger charge is 2.40. The monoisotopic (exact) mass is 331 g/mol. The van der Waals surface area contributed by atoms with E-state index in [1.807, 2.05) is 0 Å². The summed E-state index contributed by atoms with van der Waals surface area (Å²) in [4.78, 5) is 23.2. The van der Waals surface area contributed by atoms with Gasteiger partial charge in [0.15, 0.2) is 4.67 Å². The zero-order valence-corrected chi connectivity index (χ0v) is 11.7. The lowest BCUT2D eigenvalue weighted by Crippen LogP contribution is -2.46. The normalized spacial score (nSPS) is 17.9. The van der Waals surface area contributed by atoms with Gasteiger partial charge in [-0.25, -0.2) is 0 Å². The molecule has 7 heteroatoms. The molecule has 0 atom stereocenters. The van der Waals surface area contributed by atoms with E-state index in [9.17, 15) is 14.7 Å². The largest absolute Gasteiger partial charge is 0.481 e. The molecule has 1 aromatic rings. The predicted molar refractivity (Wildman–Crippen MR) is 68.9 cm³/mol. The van der Waals surface area contributed by atoms with E-state index in [1.165, 1.54) is 12.3 Å². The van der Waals surface area contributed by atoms with Gasteiger partial charge in [0.2, 0.25) is 0 Å². The van der Waals surface area contributed by atoms with E-state index < -0.39 is 11.4 Å². The Balaban J connectivity index is 1.99. The number of carbonyl (C=O) groups is 2. The highest BCUT2D eigenvalue weighted by atomic mass is 79.9. The second-order valence-corrected chi connectivity index (χ2v) is 5.30. The van der Waals surface area contributed by atoms with E-state index in [0.717, 1.165) is 0 Å². The van der Waals surface area contributed by atoms with Crippen molar-refractivity contribution < 1.29 is 23.8 Å². The van der Waals surface area contributed by atoms with Crippen molar-refractivity contribution in [3.05, 3.63) is 22.6 Å². The molecule has 0 bridgehead atoms. The van der Waals surface area contributed by atoms with Gasteiger partial charge in [-0.15, -0.1) is 0 Å². The Bertz CT molecular complexity index is 478. The van der Waals surface area contributed by atoms with Crippen molar-refractivity contribution in [1.82, 2.24) is 5.32 Å². The fraction of sp³-hybridized carbons (Fsp3) is 0.500.